The van der Waals surface area contributed by atoms with Crippen molar-refractivity contribution in [1.82, 2.24) is 5.43 Å². The van der Waals surface area contributed by atoms with Crippen LogP contribution in [0.3, 0.4) is 0 Å². The number of nitrogens with two attached hydrogens (primary N) is 1. The molecule has 19 heavy (non-hydrogen) atoms. The summed E-state index contributed by atoms with van der Waals surface area (Å²) in [5.74, 6) is 5.69. The van der Waals surface area contributed by atoms with Crippen molar-refractivity contribution < 1.29 is 0 Å². The topological polar surface area (TPSA) is 38.0 Å². The molecule has 0 heterocycles. The smallest absolute Gasteiger partial charge is 0.0721 e. The van der Waals surface area contributed by atoms with Gasteiger partial charge in [-0.05, 0) is 64.0 Å². The van der Waals surface area contributed by atoms with E-state index in [0.29, 0.717) is 10.0 Å². The van der Waals surface area contributed by atoms with Crippen molar-refractivity contribution in [3.8, 4) is 0 Å². The molecule has 2 nitrogen and oxygen atoms in total. The number of nitrogens with one attached hydrogen (secondary N) is 1. The summed E-state index contributed by atoms with van der Waals surface area (Å²) < 4.78 is 2.12. The van der Waals surface area contributed by atoms with Gasteiger partial charge < -0.3 is 0 Å². The molecule has 0 radical (unpaired) electrons. The average Bonchev–Trinajstić information content (AvgIpc) is 2.38. The minimum atomic E-state index is -0.154. The van der Waals surface area contributed by atoms with E-state index in [0.717, 1.165) is 19.2 Å². The fourth-order valence-electron chi connectivity index (χ4n) is 1.79. The third-order valence-corrected chi connectivity index (χ3v) is 4.84. The molecule has 0 fully saturated rings. The first-order valence-corrected chi connectivity index (χ1v) is 8.01. The normalized spacial score (nSPS) is 12.5. The Balaban J connectivity index is 2.49. The molecule has 3 N–H and O–H groups in total. The zero-order chi connectivity index (χ0) is 14.0. The van der Waals surface area contributed by atoms with E-state index in [1.54, 1.807) is 6.07 Å². The fraction of sp³-hybridized carbons (Fsp3) is 0.0769. The van der Waals surface area contributed by atoms with Crippen LogP contribution in [0.4, 0.5) is 0 Å². The largest absolute Gasteiger partial charge is 0.271 e. The molecule has 0 aliphatic heterocycles. The Morgan fingerprint density at radius 3 is 2.47 bits per heavy atom. The van der Waals surface area contributed by atoms with Crippen LogP contribution in [0.5, 0.6) is 0 Å². The van der Waals surface area contributed by atoms with Gasteiger partial charge >= 0.3 is 0 Å². The molecule has 2 aromatic rings. The summed E-state index contributed by atoms with van der Waals surface area (Å²) in [7, 11) is 0. The van der Waals surface area contributed by atoms with Crippen molar-refractivity contribution in [1.29, 1.82) is 0 Å². The Morgan fingerprint density at radius 2 is 1.84 bits per heavy atom. The molecule has 2 rings (SSSR count). The second-order valence-electron chi connectivity index (χ2n) is 3.94. The van der Waals surface area contributed by atoms with Crippen LogP contribution in [-0.4, -0.2) is 0 Å². The van der Waals surface area contributed by atoms with Crippen LogP contribution in [0.25, 0.3) is 0 Å². The van der Waals surface area contributed by atoms with Gasteiger partial charge in [0.15, 0.2) is 0 Å². The lowest BCUT2D eigenvalue weighted by Gasteiger charge is -2.19. The second-order valence-corrected chi connectivity index (χ2v) is 6.85. The molecule has 0 saturated heterocycles. The van der Waals surface area contributed by atoms with Gasteiger partial charge in [-0.3, -0.25) is 5.84 Å². The highest BCUT2D eigenvalue weighted by Gasteiger charge is 2.16. The molecule has 1 unspecified atom stereocenters. The zero-order valence-corrected chi connectivity index (χ0v) is 14.9. The van der Waals surface area contributed by atoms with Crippen molar-refractivity contribution in [2.75, 3.05) is 0 Å². The van der Waals surface area contributed by atoms with Crippen LogP contribution >= 0.6 is 61.7 Å². The average molecular weight is 472 g/mol. The van der Waals surface area contributed by atoms with E-state index >= 15 is 0 Å². The van der Waals surface area contributed by atoms with E-state index in [9.17, 15) is 0 Å². The molecule has 2 aromatic carbocycles. The molecular formula is C13H10BrCl2IN2. The molecule has 1 atom stereocenters. The number of benzene rings is 2. The lowest BCUT2D eigenvalue weighted by molar-refractivity contribution is 0.634. The third kappa shape index (κ3) is 3.62. The van der Waals surface area contributed by atoms with Crippen LogP contribution < -0.4 is 11.3 Å². The molecular weight excluding hydrogens is 462 g/mol. The molecule has 0 aliphatic carbocycles. The van der Waals surface area contributed by atoms with E-state index in [1.165, 1.54) is 0 Å². The van der Waals surface area contributed by atoms with Crippen molar-refractivity contribution in [3.05, 3.63) is 65.6 Å². The number of hydrazine groups is 1. The highest BCUT2D eigenvalue weighted by molar-refractivity contribution is 14.1. The molecule has 0 spiro atoms. The van der Waals surface area contributed by atoms with Crippen molar-refractivity contribution in [2.24, 2.45) is 5.84 Å². The van der Waals surface area contributed by atoms with Crippen LogP contribution in [0.1, 0.15) is 17.2 Å². The maximum atomic E-state index is 6.06. The molecule has 100 valence electrons. The van der Waals surface area contributed by atoms with Gasteiger partial charge in [0, 0.05) is 8.04 Å². The van der Waals surface area contributed by atoms with E-state index in [4.69, 9.17) is 29.0 Å². The standard InChI is InChI=1S/C13H10BrCl2IN2/c14-10-3-2-8(17)6-9(10)13(19-18)7-1-4-11(15)12(16)5-7/h1-6,13,19H,18H2. The van der Waals surface area contributed by atoms with E-state index in [1.807, 2.05) is 24.3 Å². The van der Waals surface area contributed by atoms with E-state index < -0.39 is 0 Å². The Bertz CT molecular complexity index is 607. The van der Waals surface area contributed by atoms with Crippen molar-refractivity contribution in [3.63, 3.8) is 0 Å². The number of hydrogen-bond acceptors (Lipinski definition) is 2. The SMILES string of the molecule is NNC(c1ccc(Cl)c(Cl)c1)c1cc(I)ccc1Br. The van der Waals surface area contributed by atoms with Crippen LogP contribution in [0, 0.1) is 3.57 Å². The quantitative estimate of drug-likeness (QED) is 0.379. The predicted octanol–water partition coefficient (Wildman–Crippen LogP) is 4.91. The first-order chi connectivity index (χ1) is 9.02. The number of halogens is 4. The summed E-state index contributed by atoms with van der Waals surface area (Å²) in [6, 6.07) is 11.4. The number of hydrogen-bond donors (Lipinski definition) is 2. The predicted molar refractivity (Wildman–Crippen MR) is 92.5 cm³/mol. The van der Waals surface area contributed by atoms with Gasteiger partial charge in [-0.15, -0.1) is 0 Å². The Morgan fingerprint density at radius 1 is 1.11 bits per heavy atom. The van der Waals surface area contributed by atoms with E-state index in [2.05, 4.69) is 50.0 Å². The Kier molecular flexibility index (Phi) is 5.51. The van der Waals surface area contributed by atoms with Gasteiger partial charge in [-0.2, -0.15) is 0 Å². The van der Waals surface area contributed by atoms with E-state index in [-0.39, 0.29) is 6.04 Å². The van der Waals surface area contributed by atoms with Gasteiger partial charge in [-0.1, -0.05) is 45.2 Å². The Hall–Kier alpha value is 0.150. The maximum absolute atomic E-state index is 6.06. The minimum absolute atomic E-state index is 0.154. The summed E-state index contributed by atoms with van der Waals surface area (Å²) in [6.45, 7) is 0. The molecule has 0 saturated carbocycles. The van der Waals surface area contributed by atoms with Gasteiger partial charge in [0.05, 0.1) is 16.1 Å². The lowest BCUT2D eigenvalue weighted by atomic mass is 9.99. The Labute approximate surface area is 143 Å². The van der Waals surface area contributed by atoms with Gasteiger partial charge in [-0.25, -0.2) is 5.43 Å². The summed E-state index contributed by atoms with van der Waals surface area (Å²) in [5.41, 5.74) is 4.82. The summed E-state index contributed by atoms with van der Waals surface area (Å²) >= 11 is 17.8. The van der Waals surface area contributed by atoms with Gasteiger partial charge in [0.25, 0.3) is 0 Å². The highest BCUT2D eigenvalue weighted by Crippen LogP contribution is 2.32. The highest BCUT2D eigenvalue weighted by atomic mass is 127. The minimum Gasteiger partial charge on any atom is -0.271 e. The van der Waals surface area contributed by atoms with Crippen LogP contribution in [-0.2, 0) is 0 Å². The van der Waals surface area contributed by atoms with Crippen LogP contribution in [0.15, 0.2) is 40.9 Å². The molecule has 0 aromatic heterocycles. The lowest BCUT2D eigenvalue weighted by Crippen LogP contribution is -2.29. The van der Waals surface area contributed by atoms with Crippen molar-refractivity contribution >= 4 is 61.7 Å². The summed E-state index contributed by atoms with van der Waals surface area (Å²) in [4.78, 5) is 0. The first kappa shape index (κ1) is 15.5. The molecule has 0 aliphatic rings. The maximum Gasteiger partial charge on any atom is 0.0721 e. The van der Waals surface area contributed by atoms with Crippen LogP contribution in [0.2, 0.25) is 10.0 Å². The third-order valence-electron chi connectivity index (χ3n) is 2.71. The summed E-state index contributed by atoms with van der Waals surface area (Å²) in [5, 5.41) is 1.05. The first-order valence-electron chi connectivity index (χ1n) is 5.39. The van der Waals surface area contributed by atoms with Gasteiger partial charge in [0.2, 0.25) is 0 Å². The summed E-state index contributed by atoms with van der Waals surface area (Å²) in [6.07, 6.45) is 0. The fourth-order valence-corrected chi connectivity index (χ4v) is 3.09. The number of rotatable bonds is 3. The second kappa shape index (κ2) is 6.74. The monoisotopic (exact) mass is 470 g/mol. The van der Waals surface area contributed by atoms with Crippen molar-refractivity contribution in [2.45, 2.75) is 6.04 Å². The zero-order valence-electron chi connectivity index (χ0n) is 9.63. The van der Waals surface area contributed by atoms with Gasteiger partial charge in [0.1, 0.15) is 0 Å². The molecule has 6 heteroatoms. The molecule has 0 bridgehead atoms. The molecule has 0 amide bonds.